The van der Waals surface area contributed by atoms with Crippen LogP contribution in [0.25, 0.3) is 0 Å². The predicted molar refractivity (Wildman–Crippen MR) is 58.2 cm³/mol. The van der Waals surface area contributed by atoms with Crippen LogP contribution in [-0.2, 0) is 6.54 Å². The van der Waals surface area contributed by atoms with Crippen LogP contribution >= 0.6 is 0 Å². The van der Waals surface area contributed by atoms with Crippen LogP contribution < -0.4 is 5.32 Å². The van der Waals surface area contributed by atoms with Crippen molar-refractivity contribution in [1.82, 2.24) is 20.4 Å². The highest BCUT2D eigenvalue weighted by atomic mass is 15.1. The Kier molecular flexibility index (Phi) is 4.10. The third kappa shape index (κ3) is 3.89. The second-order valence-corrected chi connectivity index (χ2v) is 4.09. The highest BCUT2D eigenvalue weighted by molar-refractivity contribution is 5.06. The van der Waals surface area contributed by atoms with Gasteiger partial charge in [0.05, 0.1) is 5.69 Å². The molecule has 0 bridgehead atoms. The molecule has 14 heavy (non-hydrogen) atoms. The van der Waals surface area contributed by atoms with Gasteiger partial charge in [-0.3, -0.25) is 5.10 Å². The van der Waals surface area contributed by atoms with E-state index in [0.717, 1.165) is 24.5 Å². The monoisotopic (exact) mass is 196 g/mol. The molecule has 1 unspecified atom stereocenters. The number of aromatic nitrogens is 2. The standard InChI is InChI=1S/C10H20N4/c1-8-5-10(13-12-8)6-11-9(2)7-14(3)4/h5,9,11H,6-7H2,1-4H3,(H,12,13). The van der Waals surface area contributed by atoms with E-state index in [2.05, 4.69) is 47.5 Å². The molecule has 1 aromatic heterocycles. The van der Waals surface area contributed by atoms with Crippen molar-refractivity contribution in [2.75, 3.05) is 20.6 Å². The Hall–Kier alpha value is -0.870. The number of rotatable bonds is 5. The van der Waals surface area contributed by atoms with Gasteiger partial charge in [0, 0.05) is 24.8 Å². The first-order valence-electron chi connectivity index (χ1n) is 4.97. The molecule has 80 valence electrons. The summed E-state index contributed by atoms with van der Waals surface area (Å²) >= 11 is 0. The first-order valence-corrected chi connectivity index (χ1v) is 4.97. The molecule has 2 N–H and O–H groups in total. The van der Waals surface area contributed by atoms with Gasteiger partial charge in [0.15, 0.2) is 0 Å². The maximum Gasteiger partial charge on any atom is 0.0762 e. The van der Waals surface area contributed by atoms with Crippen LogP contribution in [0.5, 0.6) is 0 Å². The van der Waals surface area contributed by atoms with Crippen LogP contribution in [0, 0.1) is 6.92 Å². The Labute approximate surface area is 85.7 Å². The molecule has 1 rings (SSSR count). The van der Waals surface area contributed by atoms with Gasteiger partial charge >= 0.3 is 0 Å². The summed E-state index contributed by atoms with van der Waals surface area (Å²) in [6.45, 7) is 6.07. The largest absolute Gasteiger partial charge is 0.308 e. The Bertz CT molecular complexity index is 267. The van der Waals surface area contributed by atoms with E-state index in [1.165, 1.54) is 0 Å². The quantitative estimate of drug-likeness (QED) is 0.730. The van der Waals surface area contributed by atoms with Gasteiger partial charge in [0.25, 0.3) is 0 Å². The van der Waals surface area contributed by atoms with Gasteiger partial charge in [0.1, 0.15) is 0 Å². The Morgan fingerprint density at radius 3 is 2.79 bits per heavy atom. The van der Waals surface area contributed by atoms with Crippen molar-refractivity contribution in [3.05, 3.63) is 17.5 Å². The summed E-state index contributed by atoms with van der Waals surface area (Å²) in [4.78, 5) is 2.17. The number of aromatic amines is 1. The van der Waals surface area contributed by atoms with Crippen LogP contribution in [0.1, 0.15) is 18.3 Å². The number of likely N-dealkylation sites (N-methyl/N-ethyl adjacent to an activating group) is 1. The molecule has 0 aliphatic carbocycles. The number of hydrogen-bond acceptors (Lipinski definition) is 3. The van der Waals surface area contributed by atoms with Crippen molar-refractivity contribution in [2.45, 2.75) is 26.4 Å². The van der Waals surface area contributed by atoms with E-state index in [0.29, 0.717) is 6.04 Å². The highest BCUT2D eigenvalue weighted by Crippen LogP contribution is 1.97. The molecular weight excluding hydrogens is 176 g/mol. The number of aryl methyl sites for hydroxylation is 1. The molecule has 0 fully saturated rings. The molecule has 0 saturated heterocycles. The van der Waals surface area contributed by atoms with Crippen molar-refractivity contribution < 1.29 is 0 Å². The zero-order valence-corrected chi connectivity index (χ0v) is 9.46. The lowest BCUT2D eigenvalue weighted by atomic mass is 10.3. The second-order valence-electron chi connectivity index (χ2n) is 4.09. The topological polar surface area (TPSA) is 44.0 Å². The first-order chi connectivity index (χ1) is 6.58. The fourth-order valence-corrected chi connectivity index (χ4v) is 1.46. The maximum absolute atomic E-state index is 4.17. The molecule has 0 spiro atoms. The van der Waals surface area contributed by atoms with Crippen LogP contribution in [0.15, 0.2) is 6.07 Å². The van der Waals surface area contributed by atoms with Crippen LogP contribution in [0.2, 0.25) is 0 Å². The van der Waals surface area contributed by atoms with Gasteiger partial charge in [-0.25, -0.2) is 0 Å². The van der Waals surface area contributed by atoms with Gasteiger partial charge in [-0.1, -0.05) is 0 Å². The van der Waals surface area contributed by atoms with E-state index in [9.17, 15) is 0 Å². The number of H-pyrrole nitrogens is 1. The van der Waals surface area contributed by atoms with Crippen molar-refractivity contribution in [1.29, 1.82) is 0 Å². The van der Waals surface area contributed by atoms with E-state index < -0.39 is 0 Å². The van der Waals surface area contributed by atoms with Crippen molar-refractivity contribution in [2.24, 2.45) is 0 Å². The van der Waals surface area contributed by atoms with Crippen molar-refractivity contribution in [3.63, 3.8) is 0 Å². The smallest absolute Gasteiger partial charge is 0.0762 e. The van der Waals surface area contributed by atoms with E-state index in [1.54, 1.807) is 0 Å². The number of nitrogens with zero attached hydrogens (tertiary/aromatic N) is 2. The molecule has 0 aliphatic rings. The minimum atomic E-state index is 0.488. The molecule has 0 saturated carbocycles. The summed E-state index contributed by atoms with van der Waals surface area (Å²) < 4.78 is 0. The van der Waals surface area contributed by atoms with Gasteiger partial charge < -0.3 is 10.2 Å². The fourth-order valence-electron chi connectivity index (χ4n) is 1.46. The van der Waals surface area contributed by atoms with Gasteiger partial charge in [-0.2, -0.15) is 5.10 Å². The molecule has 0 radical (unpaired) electrons. The molecule has 1 atom stereocenters. The molecule has 1 aromatic rings. The maximum atomic E-state index is 4.17. The van der Waals surface area contributed by atoms with E-state index in [1.807, 2.05) is 6.92 Å². The third-order valence-corrected chi connectivity index (χ3v) is 2.03. The van der Waals surface area contributed by atoms with Crippen LogP contribution in [-0.4, -0.2) is 41.8 Å². The predicted octanol–water partition coefficient (Wildman–Crippen LogP) is 0.758. The Morgan fingerprint density at radius 1 is 1.57 bits per heavy atom. The SMILES string of the molecule is Cc1cc(CNC(C)CN(C)C)n[nH]1. The minimum absolute atomic E-state index is 0.488. The molecule has 0 aliphatic heterocycles. The van der Waals surface area contributed by atoms with Gasteiger partial charge in [-0.05, 0) is 34.0 Å². The molecule has 4 heteroatoms. The zero-order valence-electron chi connectivity index (χ0n) is 9.46. The highest BCUT2D eigenvalue weighted by Gasteiger charge is 2.03. The first kappa shape index (κ1) is 11.2. The van der Waals surface area contributed by atoms with Crippen LogP contribution in [0.3, 0.4) is 0 Å². The molecule has 0 amide bonds. The molecule has 4 nitrogen and oxygen atoms in total. The van der Waals surface area contributed by atoms with Crippen molar-refractivity contribution >= 4 is 0 Å². The molecular formula is C10H20N4. The van der Waals surface area contributed by atoms with E-state index >= 15 is 0 Å². The van der Waals surface area contributed by atoms with Gasteiger partial charge in [-0.15, -0.1) is 0 Å². The summed E-state index contributed by atoms with van der Waals surface area (Å²) in [5.41, 5.74) is 2.19. The van der Waals surface area contributed by atoms with Crippen LogP contribution in [0.4, 0.5) is 0 Å². The average molecular weight is 196 g/mol. The number of nitrogens with one attached hydrogen (secondary N) is 2. The summed E-state index contributed by atoms with van der Waals surface area (Å²) in [6.07, 6.45) is 0. The Balaban J connectivity index is 2.26. The summed E-state index contributed by atoms with van der Waals surface area (Å²) in [5, 5.41) is 10.5. The lowest BCUT2D eigenvalue weighted by Gasteiger charge is -2.17. The van der Waals surface area contributed by atoms with E-state index in [-0.39, 0.29) is 0 Å². The molecule has 1 heterocycles. The third-order valence-electron chi connectivity index (χ3n) is 2.03. The lowest BCUT2D eigenvalue weighted by Crippen LogP contribution is -2.35. The average Bonchev–Trinajstić information content (AvgIpc) is 2.47. The van der Waals surface area contributed by atoms with E-state index in [4.69, 9.17) is 0 Å². The number of hydrogen-bond donors (Lipinski definition) is 2. The second kappa shape index (κ2) is 5.12. The van der Waals surface area contributed by atoms with Crippen molar-refractivity contribution in [3.8, 4) is 0 Å². The summed E-state index contributed by atoms with van der Waals surface area (Å²) in [5.74, 6) is 0. The lowest BCUT2D eigenvalue weighted by molar-refractivity contribution is 0.348. The molecule has 0 aromatic carbocycles. The summed E-state index contributed by atoms with van der Waals surface area (Å²) in [6, 6.07) is 2.55. The summed E-state index contributed by atoms with van der Waals surface area (Å²) in [7, 11) is 4.16. The fraction of sp³-hybridized carbons (Fsp3) is 0.700. The van der Waals surface area contributed by atoms with Gasteiger partial charge in [0.2, 0.25) is 0 Å². The zero-order chi connectivity index (χ0) is 10.6. The normalized spacial score (nSPS) is 13.5. The minimum Gasteiger partial charge on any atom is -0.308 e. The Morgan fingerprint density at radius 2 is 2.29 bits per heavy atom.